The summed E-state index contributed by atoms with van der Waals surface area (Å²) in [6.45, 7) is 1.56. The number of aryl methyl sites for hydroxylation is 1. The van der Waals surface area contributed by atoms with Gasteiger partial charge in [-0.25, -0.2) is 0 Å². The fraction of sp³-hybridized carbons (Fsp3) is 0.269. The van der Waals surface area contributed by atoms with Crippen LogP contribution in [0.3, 0.4) is 0 Å². The Balaban J connectivity index is 1.30. The number of benzene rings is 1. The fourth-order valence-corrected chi connectivity index (χ4v) is 4.42. The lowest BCUT2D eigenvalue weighted by Crippen LogP contribution is -2.14. The number of nitrogens with zero attached hydrogens (tertiary/aromatic N) is 3. The third-order valence-electron chi connectivity index (χ3n) is 6.05. The molecule has 0 spiro atoms. The average molecular weight is 443 g/mol. The number of ether oxygens (including phenoxy) is 1. The molecule has 0 aliphatic carbocycles. The minimum atomic E-state index is -0.842. The Morgan fingerprint density at radius 2 is 2.03 bits per heavy atom. The van der Waals surface area contributed by atoms with Gasteiger partial charge < -0.3 is 19.7 Å². The van der Waals surface area contributed by atoms with Crippen LogP contribution in [0, 0.1) is 0 Å². The maximum Gasteiger partial charge on any atom is 0.305 e. The minimum Gasteiger partial charge on any atom is -0.493 e. The maximum atomic E-state index is 11.5. The fourth-order valence-electron chi connectivity index (χ4n) is 4.42. The predicted molar refractivity (Wildman–Crippen MR) is 127 cm³/mol. The number of aromatic nitrogens is 3. The molecular formula is C26H26N4O3. The van der Waals surface area contributed by atoms with Crippen molar-refractivity contribution in [2.45, 2.75) is 31.7 Å². The molecule has 4 aromatic rings. The van der Waals surface area contributed by atoms with Crippen LogP contribution in [0.25, 0.3) is 10.9 Å². The van der Waals surface area contributed by atoms with E-state index in [1.807, 2.05) is 47.2 Å². The predicted octanol–water partition coefficient (Wildman–Crippen LogP) is 4.48. The second kappa shape index (κ2) is 9.32. The van der Waals surface area contributed by atoms with Crippen molar-refractivity contribution in [1.82, 2.24) is 14.5 Å². The molecule has 1 aliphatic rings. The Hall–Kier alpha value is -3.87. The molecule has 0 amide bonds. The van der Waals surface area contributed by atoms with Gasteiger partial charge in [0.15, 0.2) is 0 Å². The highest BCUT2D eigenvalue weighted by atomic mass is 16.5. The normalized spacial score (nSPS) is 13.8. The summed E-state index contributed by atoms with van der Waals surface area (Å²) >= 11 is 0. The van der Waals surface area contributed by atoms with Crippen molar-refractivity contribution < 1.29 is 14.6 Å². The first-order chi connectivity index (χ1) is 16.2. The molecule has 5 rings (SSSR count). The molecule has 1 aliphatic heterocycles. The monoisotopic (exact) mass is 442 g/mol. The summed E-state index contributed by atoms with van der Waals surface area (Å²) in [4.78, 5) is 20.3. The molecule has 4 heterocycles. The molecule has 1 aromatic carbocycles. The molecule has 0 fully saturated rings. The van der Waals surface area contributed by atoms with Gasteiger partial charge in [0.25, 0.3) is 0 Å². The Kier molecular flexibility index (Phi) is 5.93. The van der Waals surface area contributed by atoms with Gasteiger partial charge in [-0.05, 0) is 66.9 Å². The lowest BCUT2D eigenvalue weighted by atomic mass is 10.0. The summed E-state index contributed by atoms with van der Waals surface area (Å²) < 4.78 is 8.02. The lowest BCUT2D eigenvalue weighted by Gasteiger charge is -2.19. The summed E-state index contributed by atoms with van der Waals surface area (Å²) in [6, 6.07) is 15.5. The van der Waals surface area contributed by atoms with Crippen LogP contribution in [-0.4, -0.2) is 38.8 Å². The highest BCUT2D eigenvalue weighted by Crippen LogP contribution is 2.30. The largest absolute Gasteiger partial charge is 0.493 e. The second-order valence-electron chi connectivity index (χ2n) is 8.26. The third kappa shape index (κ3) is 4.67. The summed E-state index contributed by atoms with van der Waals surface area (Å²) in [6.07, 6.45) is 8.20. The molecule has 7 nitrogen and oxygen atoms in total. The number of anilines is 1. The van der Waals surface area contributed by atoms with Crippen LogP contribution in [0.4, 0.5) is 5.69 Å². The first kappa shape index (κ1) is 21.0. The van der Waals surface area contributed by atoms with Gasteiger partial charge in [-0.3, -0.25) is 14.8 Å². The molecule has 0 bridgehead atoms. The minimum absolute atomic E-state index is 0.00462. The van der Waals surface area contributed by atoms with E-state index >= 15 is 0 Å². The zero-order valence-electron chi connectivity index (χ0n) is 18.3. The standard InChI is InChI=1S/C26H26N4O3/c31-26(32)17-25(18-7-12-27-13-8-18)30-14-9-19-16-21(4-6-24(19)30)33-15-10-20-3-5-22-23(29-20)2-1-11-28-22/h3-9,12-14,16,25,28H,1-2,10-11,15,17H2,(H,31,32). The number of hydrogen-bond donors (Lipinski definition) is 2. The van der Waals surface area contributed by atoms with E-state index in [1.54, 1.807) is 12.4 Å². The number of carboxylic acids is 1. The Labute approximate surface area is 192 Å². The molecule has 0 radical (unpaired) electrons. The molecule has 7 heteroatoms. The molecule has 0 saturated carbocycles. The van der Waals surface area contributed by atoms with E-state index in [4.69, 9.17) is 9.72 Å². The van der Waals surface area contributed by atoms with Crippen molar-refractivity contribution in [3.8, 4) is 5.75 Å². The first-order valence-electron chi connectivity index (χ1n) is 11.3. The summed E-state index contributed by atoms with van der Waals surface area (Å²) in [5.41, 5.74) is 5.21. The van der Waals surface area contributed by atoms with E-state index in [-0.39, 0.29) is 12.5 Å². The zero-order valence-corrected chi connectivity index (χ0v) is 18.3. The van der Waals surface area contributed by atoms with E-state index in [0.29, 0.717) is 6.61 Å². The lowest BCUT2D eigenvalue weighted by molar-refractivity contribution is -0.137. The molecule has 1 atom stereocenters. The van der Waals surface area contributed by atoms with Crippen molar-refractivity contribution in [1.29, 1.82) is 0 Å². The number of hydrogen-bond acceptors (Lipinski definition) is 5. The summed E-state index contributed by atoms with van der Waals surface area (Å²) in [5.74, 6) is -0.0521. The smallest absolute Gasteiger partial charge is 0.305 e. The molecule has 1 unspecified atom stereocenters. The number of carboxylic acid groups (broad SMARTS) is 1. The number of nitrogens with one attached hydrogen (secondary N) is 1. The van der Waals surface area contributed by atoms with Gasteiger partial charge in [0, 0.05) is 48.2 Å². The Bertz CT molecular complexity index is 1270. The van der Waals surface area contributed by atoms with E-state index in [1.165, 1.54) is 0 Å². The Morgan fingerprint density at radius 3 is 2.88 bits per heavy atom. The molecule has 0 saturated heterocycles. The van der Waals surface area contributed by atoms with Gasteiger partial charge in [0.1, 0.15) is 5.75 Å². The number of pyridine rings is 2. The molecule has 33 heavy (non-hydrogen) atoms. The highest BCUT2D eigenvalue weighted by Gasteiger charge is 2.19. The molecule has 2 N–H and O–H groups in total. The van der Waals surface area contributed by atoms with Crippen LogP contribution in [0.5, 0.6) is 5.75 Å². The molecule has 168 valence electrons. The Morgan fingerprint density at radius 1 is 1.15 bits per heavy atom. The van der Waals surface area contributed by atoms with E-state index < -0.39 is 5.97 Å². The van der Waals surface area contributed by atoms with Crippen molar-refractivity contribution in [3.05, 3.63) is 84.1 Å². The zero-order chi connectivity index (χ0) is 22.6. The van der Waals surface area contributed by atoms with Gasteiger partial charge in [0.2, 0.25) is 0 Å². The number of aliphatic carboxylic acids is 1. The number of carbonyl (C=O) groups is 1. The second-order valence-corrected chi connectivity index (χ2v) is 8.26. The van der Waals surface area contributed by atoms with Gasteiger partial charge in [-0.15, -0.1) is 0 Å². The van der Waals surface area contributed by atoms with Crippen LogP contribution in [0.15, 0.2) is 67.1 Å². The van der Waals surface area contributed by atoms with Crippen molar-refractivity contribution in [2.24, 2.45) is 0 Å². The van der Waals surface area contributed by atoms with Gasteiger partial charge in [-0.2, -0.15) is 0 Å². The first-order valence-corrected chi connectivity index (χ1v) is 11.3. The van der Waals surface area contributed by atoms with Crippen molar-refractivity contribution in [2.75, 3.05) is 18.5 Å². The van der Waals surface area contributed by atoms with E-state index in [0.717, 1.165) is 65.1 Å². The van der Waals surface area contributed by atoms with Crippen LogP contribution in [-0.2, 0) is 17.6 Å². The van der Waals surface area contributed by atoms with Crippen LogP contribution < -0.4 is 10.1 Å². The molecule has 3 aromatic heterocycles. The van der Waals surface area contributed by atoms with Crippen LogP contribution >= 0.6 is 0 Å². The van der Waals surface area contributed by atoms with E-state index in [9.17, 15) is 9.90 Å². The summed E-state index contributed by atoms with van der Waals surface area (Å²) in [7, 11) is 0. The van der Waals surface area contributed by atoms with Crippen molar-refractivity contribution >= 4 is 22.6 Å². The van der Waals surface area contributed by atoms with Crippen LogP contribution in [0.1, 0.15) is 35.8 Å². The number of fused-ring (bicyclic) bond motifs is 2. The van der Waals surface area contributed by atoms with Gasteiger partial charge >= 0.3 is 5.97 Å². The SMILES string of the molecule is O=C(O)CC(c1ccncc1)n1ccc2cc(OCCc3ccc4c(n3)CCCN4)ccc21. The average Bonchev–Trinajstić information content (AvgIpc) is 3.26. The third-order valence-corrected chi connectivity index (χ3v) is 6.05. The van der Waals surface area contributed by atoms with Crippen molar-refractivity contribution in [3.63, 3.8) is 0 Å². The maximum absolute atomic E-state index is 11.5. The van der Waals surface area contributed by atoms with Gasteiger partial charge in [-0.1, -0.05) is 0 Å². The quantitative estimate of drug-likeness (QED) is 0.418. The topological polar surface area (TPSA) is 89.3 Å². The van der Waals surface area contributed by atoms with Gasteiger partial charge in [0.05, 0.1) is 30.5 Å². The highest BCUT2D eigenvalue weighted by molar-refractivity contribution is 5.82. The molecular weight excluding hydrogens is 416 g/mol. The summed E-state index contributed by atoms with van der Waals surface area (Å²) in [5, 5.41) is 13.9. The number of rotatable bonds is 8. The van der Waals surface area contributed by atoms with E-state index in [2.05, 4.69) is 22.4 Å². The van der Waals surface area contributed by atoms with Crippen LogP contribution in [0.2, 0.25) is 0 Å².